The largest absolute Gasteiger partial charge is 0.357 e. The molecule has 1 aliphatic heterocycles. The quantitative estimate of drug-likeness (QED) is 0.300. The SMILES string of the molecule is CNC(=O)[C@H](CC1(C(=O)[C@@H](N)C(C)C)C=CC=CC1)NC(=O)C(CCCN1C(=O)c2ccccc2C1=O)SC(C)=O. The minimum Gasteiger partial charge on any atom is -0.357 e. The number of amides is 4. The first-order chi connectivity index (χ1) is 19.4. The Kier molecular flexibility index (Phi) is 10.8. The number of rotatable bonds is 13. The van der Waals surface area contributed by atoms with Gasteiger partial charge >= 0.3 is 0 Å². The van der Waals surface area contributed by atoms with Crippen LogP contribution in [0.2, 0.25) is 0 Å². The van der Waals surface area contributed by atoms with Crippen molar-refractivity contribution in [3.63, 3.8) is 0 Å². The maximum atomic E-state index is 13.5. The van der Waals surface area contributed by atoms with Gasteiger partial charge in [-0.2, -0.15) is 0 Å². The molecule has 0 aromatic heterocycles. The molecule has 220 valence electrons. The zero-order chi connectivity index (χ0) is 30.3. The Morgan fingerprint density at radius 3 is 2.20 bits per heavy atom. The Bertz CT molecular complexity index is 1240. The van der Waals surface area contributed by atoms with Crippen LogP contribution in [0.3, 0.4) is 0 Å². The highest BCUT2D eigenvalue weighted by atomic mass is 32.2. The lowest BCUT2D eigenvalue weighted by molar-refractivity contribution is -0.133. The van der Waals surface area contributed by atoms with Gasteiger partial charge in [0.1, 0.15) is 6.04 Å². The third-order valence-electron chi connectivity index (χ3n) is 7.43. The first-order valence-electron chi connectivity index (χ1n) is 13.7. The predicted octanol–water partition coefficient (Wildman–Crippen LogP) is 2.39. The average Bonchev–Trinajstić information content (AvgIpc) is 3.20. The first kappa shape index (κ1) is 32.0. The van der Waals surface area contributed by atoms with Crippen molar-refractivity contribution in [1.29, 1.82) is 0 Å². The fourth-order valence-corrected chi connectivity index (χ4v) is 5.93. The van der Waals surface area contributed by atoms with E-state index in [0.717, 1.165) is 16.7 Å². The van der Waals surface area contributed by atoms with E-state index in [1.807, 2.05) is 26.0 Å². The molecule has 4 atom stereocenters. The van der Waals surface area contributed by atoms with E-state index in [0.29, 0.717) is 17.5 Å². The molecule has 1 aromatic rings. The molecule has 2 unspecified atom stereocenters. The summed E-state index contributed by atoms with van der Waals surface area (Å²) in [6, 6.07) is 4.74. The second kappa shape index (κ2) is 13.9. The maximum Gasteiger partial charge on any atom is 0.261 e. The lowest BCUT2D eigenvalue weighted by Crippen LogP contribution is -2.54. The standard InChI is InChI=1S/C30H38N4O6S/c1-18(2)24(31)25(36)30(14-8-5-9-15-30)17-22(26(37)32-4)33-27(38)23(41-19(3)35)13-10-16-34-28(39)20-11-6-7-12-21(20)29(34)40/h5-9,11-12,14,18,22-24H,10,13,15-17,31H2,1-4H3,(H,32,37)(H,33,38)/t22-,23?,24-,30?/m0/s1. The van der Waals surface area contributed by atoms with Crippen LogP contribution in [-0.4, -0.2) is 70.4 Å². The molecule has 1 aliphatic carbocycles. The van der Waals surface area contributed by atoms with Crippen LogP contribution < -0.4 is 16.4 Å². The Morgan fingerprint density at radius 2 is 1.68 bits per heavy atom. The molecule has 0 spiro atoms. The zero-order valence-corrected chi connectivity index (χ0v) is 24.7. The van der Waals surface area contributed by atoms with Gasteiger partial charge in [-0.25, -0.2) is 0 Å². The molecule has 41 heavy (non-hydrogen) atoms. The van der Waals surface area contributed by atoms with Gasteiger partial charge in [0.15, 0.2) is 10.9 Å². The number of allylic oxidation sites excluding steroid dienone is 4. The van der Waals surface area contributed by atoms with E-state index in [1.54, 1.807) is 36.4 Å². The summed E-state index contributed by atoms with van der Waals surface area (Å²) in [5.74, 6) is -2.15. The number of carbonyl (C=O) groups excluding carboxylic acids is 6. The molecule has 11 heteroatoms. The van der Waals surface area contributed by atoms with E-state index in [9.17, 15) is 28.8 Å². The van der Waals surface area contributed by atoms with Crippen molar-refractivity contribution in [2.75, 3.05) is 13.6 Å². The molecular formula is C30H38N4O6S. The number of Topliss-reactive ketones (excluding diaryl/α,β-unsaturated/α-hetero) is 1. The van der Waals surface area contributed by atoms with Crippen molar-refractivity contribution in [3.8, 4) is 0 Å². The van der Waals surface area contributed by atoms with Crippen molar-refractivity contribution in [2.45, 2.75) is 63.8 Å². The van der Waals surface area contributed by atoms with Gasteiger partial charge in [-0.15, -0.1) is 0 Å². The number of nitrogens with one attached hydrogen (secondary N) is 2. The van der Waals surface area contributed by atoms with Crippen molar-refractivity contribution in [2.24, 2.45) is 17.1 Å². The van der Waals surface area contributed by atoms with Gasteiger partial charge in [-0.3, -0.25) is 33.7 Å². The number of hydrogen-bond acceptors (Lipinski definition) is 8. The third kappa shape index (κ3) is 7.39. The smallest absolute Gasteiger partial charge is 0.261 e. The van der Waals surface area contributed by atoms with Gasteiger partial charge in [-0.1, -0.05) is 62.0 Å². The molecule has 0 saturated carbocycles. The van der Waals surface area contributed by atoms with E-state index < -0.39 is 46.4 Å². The molecule has 0 saturated heterocycles. The van der Waals surface area contributed by atoms with Crippen LogP contribution in [-0.2, 0) is 19.2 Å². The highest BCUT2D eigenvalue weighted by Crippen LogP contribution is 2.36. The average molecular weight is 583 g/mol. The lowest BCUT2D eigenvalue weighted by atomic mass is 9.69. The Labute approximate surface area is 244 Å². The fraction of sp³-hybridized carbons (Fsp3) is 0.467. The van der Waals surface area contributed by atoms with Gasteiger partial charge in [0, 0.05) is 20.5 Å². The second-order valence-corrected chi connectivity index (χ2v) is 12.1. The molecule has 10 nitrogen and oxygen atoms in total. The summed E-state index contributed by atoms with van der Waals surface area (Å²) in [6.45, 7) is 5.12. The number of imide groups is 1. The predicted molar refractivity (Wildman–Crippen MR) is 157 cm³/mol. The summed E-state index contributed by atoms with van der Waals surface area (Å²) in [5, 5.41) is 4.14. The van der Waals surface area contributed by atoms with Gasteiger partial charge in [0.25, 0.3) is 11.8 Å². The summed E-state index contributed by atoms with van der Waals surface area (Å²) in [4.78, 5) is 78.4. The molecule has 0 fully saturated rings. The Balaban J connectivity index is 1.74. The summed E-state index contributed by atoms with van der Waals surface area (Å²) in [6.07, 6.45) is 7.90. The monoisotopic (exact) mass is 582 g/mol. The Morgan fingerprint density at radius 1 is 1.05 bits per heavy atom. The molecule has 1 aromatic carbocycles. The van der Waals surface area contributed by atoms with Gasteiger partial charge in [0.2, 0.25) is 11.8 Å². The summed E-state index contributed by atoms with van der Waals surface area (Å²) in [5.41, 5.74) is 5.82. The molecule has 2 aliphatic rings. The molecule has 0 bridgehead atoms. The molecule has 0 radical (unpaired) electrons. The van der Waals surface area contributed by atoms with Crippen LogP contribution in [0.5, 0.6) is 0 Å². The highest BCUT2D eigenvalue weighted by Gasteiger charge is 2.43. The number of carbonyl (C=O) groups is 6. The number of ketones is 1. The summed E-state index contributed by atoms with van der Waals surface area (Å²) in [7, 11) is 1.44. The minimum absolute atomic E-state index is 0.00892. The molecule has 4 amide bonds. The van der Waals surface area contributed by atoms with E-state index in [2.05, 4.69) is 10.6 Å². The molecule has 4 N–H and O–H groups in total. The summed E-state index contributed by atoms with van der Waals surface area (Å²) >= 11 is 0.818. The number of nitrogens with zero attached hydrogens (tertiary/aromatic N) is 1. The molecule has 3 rings (SSSR count). The van der Waals surface area contributed by atoms with E-state index in [4.69, 9.17) is 5.73 Å². The van der Waals surface area contributed by atoms with E-state index in [-0.39, 0.29) is 42.6 Å². The van der Waals surface area contributed by atoms with E-state index in [1.165, 1.54) is 14.0 Å². The van der Waals surface area contributed by atoms with Crippen LogP contribution in [0.15, 0.2) is 48.6 Å². The van der Waals surface area contributed by atoms with Crippen LogP contribution in [0.25, 0.3) is 0 Å². The normalized spacial score (nSPS) is 20.0. The van der Waals surface area contributed by atoms with Gasteiger partial charge < -0.3 is 16.4 Å². The minimum atomic E-state index is -1.09. The van der Waals surface area contributed by atoms with Crippen LogP contribution >= 0.6 is 11.8 Å². The third-order valence-corrected chi connectivity index (χ3v) is 8.50. The van der Waals surface area contributed by atoms with Crippen molar-refractivity contribution < 1.29 is 28.8 Å². The number of fused-ring (bicyclic) bond motifs is 1. The Hall–Kier alpha value is -3.57. The van der Waals surface area contributed by atoms with E-state index >= 15 is 0 Å². The molecular weight excluding hydrogens is 544 g/mol. The van der Waals surface area contributed by atoms with Crippen LogP contribution in [0.1, 0.15) is 67.2 Å². The highest BCUT2D eigenvalue weighted by molar-refractivity contribution is 8.14. The maximum absolute atomic E-state index is 13.5. The van der Waals surface area contributed by atoms with Crippen LogP contribution in [0, 0.1) is 11.3 Å². The van der Waals surface area contributed by atoms with Crippen molar-refractivity contribution >= 4 is 46.3 Å². The number of hydrogen-bond donors (Lipinski definition) is 3. The van der Waals surface area contributed by atoms with Crippen molar-refractivity contribution in [1.82, 2.24) is 15.5 Å². The fourth-order valence-electron chi connectivity index (χ4n) is 5.07. The van der Waals surface area contributed by atoms with Gasteiger partial charge in [0.05, 0.1) is 27.8 Å². The number of thioether (sulfide) groups is 1. The topological polar surface area (TPSA) is 156 Å². The number of benzene rings is 1. The van der Waals surface area contributed by atoms with Gasteiger partial charge in [-0.05, 0) is 43.7 Å². The lowest BCUT2D eigenvalue weighted by Gasteiger charge is -2.36. The number of likely N-dealkylation sites (N-methyl/N-ethyl adjacent to an activating group) is 1. The second-order valence-electron chi connectivity index (χ2n) is 10.7. The zero-order valence-electron chi connectivity index (χ0n) is 23.8. The van der Waals surface area contributed by atoms with Crippen LogP contribution in [0.4, 0.5) is 0 Å². The number of nitrogens with two attached hydrogens (primary N) is 1. The summed E-state index contributed by atoms with van der Waals surface area (Å²) < 4.78 is 0. The first-order valence-corrected chi connectivity index (χ1v) is 14.6. The van der Waals surface area contributed by atoms with Crippen molar-refractivity contribution in [3.05, 3.63) is 59.7 Å². The molecule has 1 heterocycles.